The average Bonchev–Trinajstić information content (AvgIpc) is 2.94. The van der Waals surface area contributed by atoms with Gasteiger partial charge in [0.15, 0.2) is 0 Å². The molecule has 1 heterocycles. The highest BCUT2D eigenvalue weighted by atomic mass is 32.1. The highest BCUT2D eigenvalue weighted by molar-refractivity contribution is 7.07. The third-order valence-electron chi connectivity index (χ3n) is 3.55. The van der Waals surface area contributed by atoms with Crippen LogP contribution in [0.4, 0.5) is 0 Å². The maximum absolute atomic E-state index is 5.93. The zero-order chi connectivity index (χ0) is 13.7. The summed E-state index contributed by atoms with van der Waals surface area (Å²) in [6.45, 7) is 3.77. The quantitative estimate of drug-likeness (QED) is 0.874. The van der Waals surface area contributed by atoms with Crippen LogP contribution in [-0.4, -0.2) is 18.5 Å². The molecule has 1 aromatic heterocycles. The van der Waals surface area contributed by atoms with Crippen molar-refractivity contribution in [2.24, 2.45) is 5.73 Å². The molecule has 0 aliphatic heterocycles. The van der Waals surface area contributed by atoms with Crippen LogP contribution in [0.5, 0.6) is 0 Å². The molecule has 0 saturated carbocycles. The number of nitrogens with zero attached hydrogens (tertiary/aromatic N) is 1. The minimum absolute atomic E-state index is 0.303. The van der Waals surface area contributed by atoms with E-state index in [1.165, 1.54) is 16.7 Å². The van der Waals surface area contributed by atoms with Gasteiger partial charge in [0.25, 0.3) is 0 Å². The van der Waals surface area contributed by atoms with E-state index < -0.39 is 0 Å². The monoisotopic (exact) mass is 274 g/mol. The predicted molar refractivity (Wildman–Crippen MR) is 83.4 cm³/mol. The van der Waals surface area contributed by atoms with Gasteiger partial charge in [-0.25, -0.2) is 0 Å². The molecule has 0 aliphatic carbocycles. The Bertz CT molecular complexity index is 476. The van der Waals surface area contributed by atoms with Crippen LogP contribution in [0.3, 0.4) is 0 Å². The first-order valence-corrected chi connectivity index (χ1v) is 7.69. The van der Waals surface area contributed by atoms with Crippen molar-refractivity contribution in [3.8, 4) is 0 Å². The Morgan fingerprint density at radius 1 is 1.16 bits per heavy atom. The van der Waals surface area contributed by atoms with Gasteiger partial charge < -0.3 is 5.73 Å². The molecule has 0 radical (unpaired) electrons. The van der Waals surface area contributed by atoms with Crippen LogP contribution in [0.2, 0.25) is 0 Å². The van der Waals surface area contributed by atoms with Gasteiger partial charge in [-0.3, -0.25) is 4.90 Å². The second-order valence-electron chi connectivity index (χ2n) is 4.89. The molecule has 0 saturated heterocycles. The highest BCUT2D eigenvalue weighted by Gasteiger charge is 2.15. The normalized spacial score (nSPS) is 12.8. The molecule has 1 unspecified atom stereocenters. The third kappa shape index (κ3) is 3.66. The van der Waals surface area contributed by atoms with Crippen molar-refractivity contribution in [2.45, 2.75) is 25.9 Å². The minimum atomic E-state index is 0.303. The molecular weight excluding hydrogens is 252 g/mol. The number of rotatable bonds is 6. The molecule has 1 atom stereocenters. The van der Waals surface area contributed by atoms with Crippen molar-refractivity contribution in [3.05, 3.63) is 57.8 Å². The molecule has 0 amide bonds. The van der Waals surface area contributed by atoms with E-state index in [4.69, 9.17) is 5.73 Å². The van der Waals surface area contributed by atoms with E-state index in [2.05, 4.69) is 60.0 Å². The molecule has 2 rings (SSSR count). The van der Waals surface area contributed by atoms with Crippen LogP contribution >= 0.6 is 11.3 Å². The lowest BCUT2D eigenvalue weighted by Crippen LogP contribution is -2.29. The van der Waals surface area contributed by atoms with Gasteiger partial charge in [0, 0.05) is 19.1 Å². The number of aryl methyl sites for hydroxylation is 1. The van der Waals surface area contributed by atoms with Crippen molar-refractivity contribution in [1.82, 2.24) is 4.90 Å². The smallest absolute Gasteiger partial charge is 0.0479 e. The van der Waals surface area contributed by atoms with Gasteiger partial charge in [0.05, 0.1) is 0 Å². The molecule has 0 bridgehead atoms. The summed E-state index contributed by atoms with van der Waals surface area (Å²) < 4.78 is 0. The van der Waals surface area contributed by atoms with Crippen LogP contribution in [0, 0.1) is 0 Å². The SMILES string of the molecule is CCc1ccc(CN(C)C(CN)c2ccsc2)cc1. The summed E-state index contributed by atoms with van der Waals surface area (Å²) in [6, 6.07) is 11.3. The molecule has 2 N–H and O–H groups in total. The number of hydrogen-bond donors (Lipinski definition) is 1. The number of hydrogen-bond acceptors (Lipinski definition) is 3. The van der Waals surface area contributed by atoms with Crippen molar-refractivity contribution in [1.29, 1.82) is 0 Å². The third-order valence-corrected chi connectivity index (χ3v) is 4.25. The Balaban J connectivity index is 2.04. The number of likely N-dealkylation sites (N-methyl/N-ethyl adjacent to an activating group) is 1. The summed E-state index contributed by atoms with van der Waals surface area (Å²) in [5.41, 5.74) is 9.98. The fourth-order valence-electron chi connectivity index (χ4n) is 2.31. The summed E-state index contributed by atoms with van der Waals surface area (Å²) in [7, 11) is 2.14. The molecule has 19 heavy (non-hydrogen) atoms. The lowest BCUT2D eigenvalue weighted by atomic mass is 10.1. The van der Waals surface area contributed by atoms with Gasteiger partial charge >= 0.3 is 0 Å². The lowest BCUT2D eigenvalue weighted by molar-refractivity contribution is 0.242. The first-order chi connectivity index (χ1) is 9.24. The van der Waals surface area contributed by atoms with Crippen molar-refractivity contribution < 1.29 is 0 Å². The average molecular weight is 274 g/mol. The molecule has 1 aromatic carbocycles. The van der Waals surface area contributed by atoms with Gasteiger partial charge in [0.2, 0.25) is 0 Å². The van der Waals surface area contributed by atoms with E-state index in [0.29, 0.717) is 12.6 Å². The zero-order valence-electron chi connectivity index (χ0n) is 11.7. The zero-order valence-corrected chi connectivity index (χ0v) is 12.5. The Morgan fingerprint density at radius 2 is 1.84 bits per heavy atom. The van der Waals surface area contributed by atoms with Gasteiger partial charge in [-0.15, -0.1) is 0 Å². The Morgan fingerprint density at radius 3 is 2.37 bits per heavy atom. The van der Waals surface area contributed by atoms with Gasteiger partial charge in [0.1, 0.15) is 0 Å². The fourth-order valence-corrected chi connectivity index (χ4v) is 3.02. The molecule has 0 fully saturated rings. The second kappa shape index (κ2) is 6.85. The fraction of sp³-hybridized carbons (Fsp3) is 0.375. The number of benzene rings is 1. The van der Waals surface area contributed by atoms with E-state index in [1.54, 1.807) is 11.3 Å². The lowest BCUT2D eigenvalue weighted by Gasteiger charge is -2.26. The second-order valence-corrected chi connectivity index (χ2v) is 5.67. The van der Waals surface area contributed by atoms with E-state index >= 15 is 0 Å². The largest absolute Gasteiger partial charge is 0.329 e. The predicted octanol–water partition coefficient (Wildman–Crippen LogP) is 3.44. The maximum Gasteiger partial charge on any atom is 0.0479 e. The van der Waals surface area contributed by atoms with Gasteiger partial charge in [-0.1, -0.05) is 31.2 Å². The van der Waals surface area contributed by atoms with Crippen molar-refractivity contribution in [3.63, 3.8) is 0 Å². The van der Waals surface area contributed by atoms with E-state index in [1.807, 2.05) is 0 Å². The molecule has 2 aromatic rings. The van der Waals surface area contributed by atoms with E-state index in [9.17, 15) is 0 Å². The topological polar surface area (TPSA) is 29.3 Å². The van der Waals surface area contributed by atoms with Crippen LogP contribution in [-0.2, 0) is 13.0 Å². The van der Waals surface area contributed by atoms with Gasteiger partial charge in [-0.05, 0) is 47.0 Å². The Labute approximate surface area is 119 Å². The molecule has 102 valence electrons. The molecule has 0 aliphatic rings. The number of nitrogens with two attached hydrogens (primary N) is 1. The van der Waals surface area contributed by atoms with E-state index in [0.717, 1.165) is 13.0 Å². The summed E-state index contributed by atoms with van der Waals surface area (Å²) in [5, 5.41) is 4.30. The summed E-state index contributed by atoms with van der Waals surface area (Å²) in [4.78, 5) is 2.32. The standard InChI is InChI=1S/C16H22N2S/c1-3-13-4-6-14(7-5-13)11-18(2)16(10-17)15-8-9-19-12-15/h4-9,12,16H,3,10-11,17H2,1-2H3. The number of thiophene rings is 1. The minimum Gasteiger partial charge on any atom is -0.329 e. The summed E-state index contributed by atoms with van der Waals surface area (Å²) >= 11 is 1.73. The van der Waals surface area contributed by atoms with Gasteiger partial charge in [-0.2, -0.15) is 11.3 Å². The van der Waals surface area contributed by atoms with Crippen LogP contribution in [0.1, 0.15) is 29.7 Å². The van der Waals surface area contributed by atoms with Crippen molar-refractivity contribution >= 4 is 11.3 Å². The van der Waals surface area contributed by atoms with Crippen LogP contribution < -0.4 is 5.73 Å². The summed E-state index contributed by atoms with van der Waals surface area (Å²) in [6.07, 6.45) is 1.09. The molecule has 0 spiro atoms. The van der Waals surface area contributed by atoms with Crippen molar-refractivity contribution in [2.75, 3.05) is 13.6 Å². The van der Waals surface area contributed by atoms with Crippen LogP contribution in [0.25, 0.3) is 0 Å². The summed E-state index contributed by atoms with van der Waals surface area (Å²) in [5.74, 6) is 0. The Kier molecular flexibility index (Phi) is 5.14. The first-order valence-electron chi connectivity index (χ1n) is 6.74. The van der Waals surface area contributed by atoms with E-state index in [-0.39, 0.29) is 0 Å². The Hall–Kier alpha value is -1.16. The molecule has 2 nitrogen and oxygen atoms in total. The highest BCUT2D eigenvalue weighted by Crippen LogP contribution is 2.22. The molecular formula is C16H22N2S. The molecule has 3 heteroatoms. The first kappa shape index (κ1) is 14.3. The van der Waals surface area contributed by atoms with Crippen LogP contribution in [0.15, 0.2) is 41.1 Å². The maximum atomic E-state index is 5.93.